The highest BCUT2D eigenvalue weighted by Gasteiger charge is 2.40. The molecule has 2 N–H and O–H groups in total. The number of carbonyl (C=O) groups is 2. The fourth-order valence-corrected chi connectivity index (χ4v) is 4.42. The van der Waals surface area contributed by atoms with Crippen molar-refractivity contribution in [3.63, 3.8) is 0 Å². The Morgan fingerprint density at radius 1 is 1.14 bits per heavy atom. The van der Waals surface area contributed by atoms with E-state index in [2.05, 4.69) is 48.9 Å². The molecule has 0 aromatic carbocycles. The first-order valence-corrected chi connectivity index (χ1v) is 15.0. The summed E-state index contributed by atoms with van der Waals surface area (Å²) in [6, 6.07) is 5.72. The van der Waals surface area contributed by atoms with Crippen molar-refractivity contribution in [3.05, 3.63) is 79.1 Å². The smallest absolute Gasteiger partial charge is 0.242 e. The quantitative estimate of drug-likeness (QED) is 0.0820. The van der Waals surface area contributed by atoms with Crippen molar-refractivity contribution in [2.45, 2.75) is 90.8 Å². The molecule has 0 aliphatic heterocycles. The minimum Gasteiger partial charge on any atom is -0.369 e. The van der Waals surface area contributed by atoms with Gasteiger partial charge in [-0.15, -0.1) is 6.58 Å². The second kappa shape index (κ2) is 26.2. The molecule has 0 fully saturated rings. The number of nitrogens with zero attached hydrogens (tertiary/aromatic N) is 4. The molecule has 0 aliphatic rings. The van der Waals surface area contributed by atoms with Crippen LogP contribution >= 0.6 is 0 Å². The monoisotopic (exact) mass is 603 g/mol. The van der Waals surface area contributed by atoms with Gasteiger partial charge in [-0.25, -0.2) is 8.78 Å². The molecule has 1 aromatic rings. The normalized spacial score (nSPS) is 13.6. The van der Waals surface area contributed by atoms with E-state index in [0.717, 1.165) is 56.0 Å². The maximum atomic E-state index is 13.2. The van der Waals surface area contributed by atoms with Crippen molar-refractivity contribution in [3.8, 4) is 0 Å². The van der Waals surface area contributed by atoms with E-state index in [1.807, 2.05) is 56.3 Å². The van der Waals surface area contributed by atoms with Crippen LogP contribution < -0.4 is 5.73 Å². The van der Waals surface area contributed by atoms with Crippen molar-refractivity contribution < 1.29 is 18.4 Å². The summed E-state index contributed by atoms with van der Waals surface area (Å²) in [7, 11) is 3.93. The molecule has 242 valence electrons. The lowest BCUT2D eigenvalue weighted by molar-refractivity contribution is -0.143. The zero-order chi connectivity index (χ0) is 33.1. The second-order valence-corrected chi connectivity index (χ2v) is 9.93. The number of allylic oxidation sites excluding steroid dienone is 5. The summed E-state index contributed by atoms with van der Waals surface area (Å²) >= 11 is 0. The minimum absolute atomic E-state index is 0.163. The maximum Gasteiger partial charge on any atom is 0.242 e. The molecule has 2 amide bonds. The number of unbranched alkanes of at least 4 members (excludes halogenated alkanes) is 1. The van der Waals surface area contributed by atoms with E-state index in [1.165, 1.54) is 6.08 Å². The molecule has 1 heterocycles. The molecule has 1 aromatic heterocycles. The van der Waals surface area contributed by atoms with Crippen LogP contribution in [0.3, 0.4) is 0 Å². The van der Waals surface area contributed by atoms with E-state index in [9.17, 15) is 18.4 Å². The number of rotatable bonds is 18. The Bertz CT molecular complexity index is 971. The SMILES string of the molecule is C=CCC(F)/C=C/F.C=N/C(CC)=C(\C=C\CCCN(C)C(=O)C(CC)(CCC)N(C)CC)CC(N)=O.c1ccncc1. The zero-order valence-corrected chi connectivity index (χ0v) is 27.3. The van der Waals surface area contributed by atoms with E-state index in [-0.39, 0.29) is 31.0 Å². The number of likely N-dealkylation sites (N-methyl/N-ethyl adjacent to an activating group) is 2. The number of carbonyl (C=O) groups excluding carboxylic acids is 2. The lowest BCUT2D eigenvalue weighted by atomic mass is 9.87. The molecule has 2 unspecified atom stereocenters. The molecule has 7 nitrogen and oxygen atoms in total. The summed E-state index contributed by atoms with van der Waals surface area (Å²) in [6.45, 7) is 16.7. The summed E-state index contributed by atoms with van der Waals surface area (Å²) in [5.41, 5.74) is 6.53. The van der Waals surface area contributed by atoms with Crippen molar-refractivity contribution in [2.75, 3.05) is 27.2 Å². The van der Waals surface area contributed by atoms with E-state index < -0.39 is 11.7 Å². The average Bonchev–Trinajstić information content (AvgIpc) is 3.00. The van der Waals surface area contributed by atoms with Crippen molar-refractivity contribution in [2.24, 2.45) is 10.7 Å². The first-order valence-electron chi connectivity index (χ1n) is 15.0. The van der Waals surface area contributed by atoms with E-state index in [4.69, 9.17) is 5.73 Å². The van der Waals surface area contributed by atoms with Crippen LogP contribution in [0.2, 0.25) is 0 Å². The minimum atomic E-state index is -1.21. The van der Waals surface area contributed by atoms with Gasteiger partial charge in [0.1, 0.15) is 6.17 Å². The molecule has 0 bridgehead atoms. The number of alkyl halides is 1. The van der Waals surface area contributed by atoms with Gasteiger partial charge in [0.25, 0.3) is 0 Å². The summed E-state index contributed by atoms with van der Waals surface area (Å²) in [6.07, 6.45) is 14.1. The molecule has 1 rings (SSSR count). The molecular formula is C34H55F2N5O2. The van der Waals surface area contributed by atoms with Crippen LogP contribution in [0.5, 0.6) is 0 Å². The number of pyridine rings is 1. The molecular weight excluding hydrogens is 548 g/mol. The lowest BCUT2D eigenvalue weighted by Crippen LogP contribution is -2.57. The van der Waals surface area contributed by atoms with Gasteiger partial charge in [-0.1, -0.05) is 58.4 Å². The van der Waals surface area contributed by atoms with Crippen LogP contribution in [-0.2, 0) is 9.59 Å². The molecule has 0 radical (unpaired) electrons. The molecule has 2 atom stereocenters. The van der Waals surface area contributed by atoms with Crippen LogP contribution in [0, 0.1) is 0 Å². The topological polar surface area (TPSA) is 91.9 Å². The number of hydrogen-bond donors (Lipinski definition) is 1. The van der Waals surface area contributed by atoms with E-state index in [1.54, 1.807) is 12.4 Å². The van der Waals surface area contributed by atoms with E-state index in [0.29, 0.717) is 13.0 Å². The Hall–Kier alpha value is -3.46. The van der Waals surface area contributed by atoms with Crippen LogP contribution in [0.15, 0.2) is 84.1 Å². The lowest BCUT2D eigenvalue weighted by Gasteiger charge is -2.42. The summed E-state index contributed by atoms with van der Waals surface area (Å²) in [4.78, 5) is 36.4. The molecule has 9 heteroatoms. The van der Waals surface area contributed by atoms with Gasteiger partial charge in [-0.3, -0.25) is 24.5 Å². The number of nitrogens with two attached hydrogens (primary N) is 1. The number of primary amides is 1. The molecule has 0 spiro atoms. The third-order valence-corrected chi connectivity index (χ3v) is 6.88. The Labute approximate surface area is 259 Å². The third-order valence-electron chi connectivity index (χ3n) is 6.88. The van der Waals surface area contributed by atoms with Gasteiger partial charge in [-0.2, -0.15) is 0 Å². The highest BCUT2D eigenvalue weighted by molar-refractivity contribution is 5.86. The third kappa shape index (κ3) is 18.0. The van der Waals surface area contributed by atoms with Gasteiger partial charge < -0.3 is 10.6 Å². The Balaban J connectivity index is 0. The molecule has 0 aliphatic carbocycles. The van der Waals surface area contributed by atoms with Gasteiger partial charge in [0.15, 0.2) is 0 Å². The molecule has 0 saturated heterocycles. The van der Waals surface area contributed by atoms with Crippen molar-refractivity contribution >= 4 is 18.5 Å². The van der Waals surface area contributed by atoms with Crippen LogP contribution in [0.1, 0.15) is 79.1 Å². The standard InChI is InChI=1S/C23H42N4O2.C6H8F2.C5H5N/c1-8-16-23(10-3,27(7)11-4)22(29)26(6)17-14-12-13-15-19(18-21(24)28)20(9-2)25-5;1-2-3-6(8)4-5-7;1-2-4-6-5-3-1/h13,15H,5,8-12,14,16-18H2,1-4,6-7H3,(H2,24,28);2,4-6H,1,3H2;1-5H/b15-13+,20-19+;5-4+;. The average molecular weight is 604 g/mol. The first-order chi connectivity index (χ1) is 20.5. The highest BCUT2D eigenvalue weighted by Crippen LogP contribution is 2.27. The van der Waals surface area contributed by atoms with Crippen LogP contribution in [0.4, 0.5) is 8.78 Å². The number of aliphatic imine (C=N–C) groups is 1. The van der Waals surface area contributed by atoms with Crippen molar-refractivity contribution in [1.82, 2.24) is 14.8 Å². The number of aromatic nitrogens is 1. The highest BCUT2D eigenvalue weighted by atomic mass is 19.1. The van der Waals surface area contributed by atoms with Gasteiger partial charge in [0, 0.05) is 31.7 Å². The molecule has 0 saturated carbocycles. The Morgan fingerprint density at radius 2 is 1.79 bits per heavy atom. The van der Waals surface area contributed by atoms with Gasteiger partial charge >= 0.3 is 0 Å². The van der Waals surface area contributed by atoms with Crippen LogP contribution in [0.25, 0.3) is 0 Å². The summed E-state index contributed by atoms with van der Waals surface area (Å²) < 4.78 is 23.1. The van der Waals surface area contributed by atoms with Crippen LogP contribution in [-0.4, -0.2) is 72.2 Å². The van der Waals surface area contributed by atoms with Gasteiger partial charge in [0.05, 0.1) is 18.3 Å². The second-order valence-electron chi connectivity index (χ2n) is 9.93. The maximum absolute atomic E-state index is 13.2. The number of amides is 2. The van der Waals surface area contributed by atoms with E-state index >= 15 is 0 Å². The Morgan fingerprint density at radius 3 is 2.19 bits per heavy atom. The fourth-order valence-electron chi connectivity index (χ4n) is 4.42. The number of halogens is 2. The summed E-state index contributed by atoms with van der Waals surface area (Å²) in [5, 5.41) is 0. The Kier molecular flexibility index (Phi) is 25.4. The fraction of sp³-hybridized carbons (Fsp3) is 0.529. The largest absolute Gasteiger partial charge is 0.369 e. The predicted molar refractivity (Wildman–Crippen MR) is 177 cm³/mol. The molecule has 43 heavy (non-hydrogen) atoms. The van der Waals surface area contributed by atoms with Gasteiger partial charge in [-0.05, 0) is 82.6 Å². The number of hydrogen-bond acceptors (Lipinski definition) is 5. The first kappa shape index (κ1) is 41.7. The zero-order valence-electron chi connectivity index (χ0n) is 27.3. The van der Waals surface area contributed by atoms with Gasteiger partial charge in [0.2, 0.25) is 11.8 Å². The van der Waals surface area contributed by atoms with Crippen molar-refractivity contribution in [1.29, 1.82) is 0 Å². The summed E-state index contributed by atoms with van der Waals surface area (Å²) in [5.74, 6) is -0.176. The predicted octanol–water partition coefficient (Wildman–Crippen LogP) is 7.39.